The fraction of sp³-hybridized carbons (Fsp3) is 1.00. The molecule has 0 aromatic carbocycles. The first-order valence-electron chi connectivity index (χ1n) is 6.28. The van der Waals surface area contributed by atoms with E-state index < -0.39 is 5.97 Å². The van der Waals surface area contributed by atoms with Crippen molar-refractivity contribution in [3.8, 4) is 0 Å². The molecule has 0 aromatic heterocycles. The highest BCUT2D eigenvalue weighted by Gasteiger charge is 2.30. The predicted octanol–water partition coefficient (Wildman–Crippen LogP) is 0.206. The van der Waals surface area contributed by atoms with Gasteiger partial charge in [-0.1, -0.05) is 0 Å². The predicted molar refractivity (Wildman–Crippen MR) is 66.8 cm³/mol. The summed E-state index contributed by atoms with van der Waals surface area (Å²) in [6.07, 6.45) is 1.88. The van der Waals surface area contributed by atoms with Crippen LogP contribution in [0, 0.1) is 0 Å². The van der Waals surface area contributed by atoms with Gasteiger partial charge >= 0.3 is 0 Å². The van der Waals surface area contributed by atoms with Gasteiger partial charge in [0.1, 0.15) is 6.10 Å². The summed E-state index contributed by atoms with van der Waals surface area (Å²) in [5.74, 6) is -0.852. The Morgan fingerprint density at radius 1 is 1.29 bits per heavy atom. The van der Waals surface area contributed by atoms with Crippen LogP contribution in [0.1, 0.15) is 26.7 Å². The Balaban J connectivity index is 2.16. The minimum absolute atomic E-state index is 0.327. The molecule has 0 spiro atoms. The van der Waals surface area contributed by atoms with Gasteiger partial charge in [0, 0.05) is 26.2 Å². The van der Waals surface area contributed by atoms with Crippen molar-refractivity contribution in [1.82, 2.24) is 0 Å². The molecule has 0 aliphatic carbocycles. The highest BCUT2D eigenvalue weighted by atomic mass is 28.2. The maximum absolute atomic E-state index is 5.57. The van der Waals surface area contributed by atoms with Gasteiger partial charge in [-0.2, -0.15) is 0 Å². The fourth-order valence-electron chi connectivity index (χ4n) is 1.62. The first kappa shape index (κ1) is 15.1. The van der Waals surface area contributed by atoms with Gasteiger partial charge in [0.15, 0.2) is 10.5 Å². The molecular weight excluding hydrogens is 240 g/mol. The molecule has 0 bridgehead atoms. The fourth-order valence-corrected chi connectivity index (χ4v) is 2.06. The van der Waals surface area contributed by atoms with Crippen LogP contribution in [-0.4, -0.2) is 55.6 Å². The lowest BCUT2D eigenvalue weighted by Crippen LogP contribution is -2.39. The molecule has 1 unspecified atom stereocenters. The molecule has 5 nitrogen and oxygen atoms in total. The minimum atomic E-state index is -0.852. The third-order valence-corrected chi connectivity index (χ3v) is 3.14. The summed E-state index contributed by atoms with van der Waals surface area (Å²) in [6, 6.07) is 0. The standard InChI is InChI=1S/C11H24O5Si/c1-3-14-11(16-17,15-4-2)6-5-7-12-8-10-9-13-10/h10H,3-9H2,1-2,17H3. The topological polar surface area (TPSA) is 49.5 Å². The molecule has 0 amide bonds. The minimum Gasteiger partial charge on any atom is -0.380 e. The van der Waals surface area contributed by atoms with E-state index >= 15 is 0 Å². The molecule has 6 heteroatoms. The zero-order chi connectivity index (χ0) is 12.6. The van der Waals surface area contributed by atoms with E-state index in [-0.39, 0.29) is 0 Å². The Morgan fingerprint density at radius 3 is 2.41 bits per heavy atom. The SMILES string of the molecule is CCOC(CCCOCC1CO1)(O[SiH3])OCC. The van der Waals surface area contributed by atoms with Gasteiger partial charge in [0.25, 0.3) is 5.97 Å². The molecule has 1 atom stereocenters. The lowest BCUT2D eigenvalue weighted by atomic mass is 10.3. The van der Waals surface area contributed by atoms with E-state index in [0.717, 1.165) is 13.0 Å². The molecule has 0 radical (unpaired) electrons. The van der Waals surface area contributed by atoms with Crippen LogP contribution >= 0.6 is 0 Å². The van der Waals surface area contributed by atoms with E-state index in [1.807, 2.05) is 13.8 Å². The molecule has 1 heterocycles. The van der Waals surface area contributed by atoms with Crippen LogP contribution in [0.5, 0.6) is 0 Å². The van der Waals surface area contributed by atoms with Crippen LogP contribution in [-0.2, 0) is 23.4 Å². The van der Waals surface area contributed by atoms with Crippen LogP contribution in [0.2, 0.25) is 0 Å². The molecular formula is C11H24O5Si. The molecule has 1 fully saturated rings. The lowest BCUT2D eigenvalue weighted by Gasteiger charge is -2.31. The highest BCUT2D eigenvalue weighted by Crippen LogP contribution is 2.21. The number of hydrogen-bond acceptors (Lipinski definition) is 5. The van der Waals surface area contributed by atoms with Gasteiger partial charge in [-0.25, -0.2) is 0 Å². The van der Waals surface area contributed by atoms with Crippen molar-refractivity contribution in [3.63, 3.8) is 0 Å². The summed E-state index contributed by atoms with van der Waals surface area (Å²) < 4.78 is 27.1. The summed E-state index contributed by atoms with van der Waals surface area (Å²) >= 11 is 0. The van der Waals surface area contributed by atoms with Crippen molar-refractivity contribution in [1.29, 1.82) is 0 Å². The average Bonchev–Trinajstić information content (AvgIpc) is 3.13. The van der Waals surface area contributed by atoms with Crippen LogP contribution in [0.15, 0.2) is 0 Å². The molecule has 0 N–H and O–H groups in total. The van der Waals surface area contributed by atoms with Gasteiger partial charge in [-0.3, -0.25) is 0 Å². The van der Waals surface area contributed by atoms with Gasteiger partial charge in [0.05, 0.1) is 13.2 Å². The third kappa shape index (κ3) is 5.94. The largest absolute Gasteiger partial charge is 0.380 e. The summed E-state index contributed by atoms with van der Waals surface area (Å²) in [5, 5.41) is 0. The maximum atomic E-state index is 5.57. The van der Waals surface area contributed by atoms with Gasteiger partial charge in [-0.05, 0) is 20.3 Å². The van der Waals surface area contributed by atoms with E-state index in [0.29, 0.717) is 49.4 Å². The molecule has 1 aliphatic heterocycles. The Morgan fingerprint density at radius 2 is 1.94 bits per heavy atom. The average molecular weight is 264 g/mol. The second-order valence-electron chi connectivity index (χ2n) is 3.89. The van der Waals surface area contributed by atoms with Crippen molar-refractivity contribution in [2.45, 2.75) is 38.8 Å². The second kappa shape index (κ2) is 8.18. The molecule has 17 heavy (non-hydrogen) atoms. The zero-order valence-electron chi connectivity index (χ0n) is 11.1. The van der Waals surface area contributed by atoms with Gasteiger partial charge in [0.2, 0.25) is 0 Å². The Bertz CT molecular complexity index is 192. The van der Waals surface area contributed by atoms with Crippen LogP contribution in [0.3, 0.4) is 0 Å². The molecule has 1 rings (SSSR count). The number of ether oxygens (including phenoxy) is 4. The molecule has 0 aromatic rings. The zero-order valence-corrected chi connectivity index (χ0v) is 13.1. The van der Waals surface area contributed by atoms with Gasteiger partial charge < -0.3 is 23.4 Å². The number of rotatable bonds is 11. The van der Waals surface area contributed by atoms with Crippen LogP contribution in [0.25, 0.3) is 0 Å². The quantitative estimate of drug-likeness (QED) is 0.231. The summed E-state index contributed by atoms with van der Waals surface area (Å²) in [5.41, 5.74) is 0. The van der Waals surface area contributed by atoms with E-state index in [4.69, 9.17) is 23.4 Å². The number of epoxide rings is 1. The molecule has 1 aliphatic rings. The van der Waals surface area contributed by atoms with E-state index in [2.05, 4.69) is 0 Å². The Labute approximate surface area is 106 Å². The molecule has 102 valence electrons. The van der Waals surface area contributed by atoms with Gasteiger partial charge in [-0.15, -0.1) is 0 Å². The van der Waals surface area contributed by atoms with Crippen molar-refractivity contribution in [3.05, 3.63) is 0 Å². The van der Waals surface area contributed by atoms with Crippen molar-refractivity contribution in [2.24, 2.45) is 0 Å². The summed E-state index contributed by atoms with van der Waals surface area (Å²) in [6.45, 7) is 7.26. The first-order valence-corrected chi connectivity index (χ1v) is 7.10. The Hall–Kier alpha value is 0.0169. The highest BCUT2D eigenvalue weighted by molar-refractivity contribution is 5.98. The van der Waals surface area contributed by atoms with Crippen molar-refractivity contribution < 1.29 is 23.4 Å². The van der Waals surface area contributed by atoms with Crippen molar-refractivity contribution >= 4 is 10.5 Å². The summed E-state index contributed by atoms with van der Waals surface area (Å²) in [7, 11) is 0.590. The smallest absolute Gasteiger partial charge is 0.272 e. The monoisotopic (exact) mass is 264 g/mol. The van der Waals surface area contributed by atoms with Crippen LogP contribution in [0.4, 0.5) is 0 Å². The van der Waals surface area contributed by atoms with E-state index in [1.54, 1.807) is 0 Å². The second-order valence-corrected chi connectivity index (χ2v) is 4.30. The lowest BCUT2D eigenvalue weighted by molar-refractivity contribution is -0.344. The normalized spacial score (nSPS) is 19.8. The maximum Gasteiger partial charge on any atom is 0.272 e. The molecule has 1 saturated heterocycles. The third-order valence-electron chi connectivity index (χ3n) is 2.52. The molecule has 0 saturated carbocycles. The first-order chi connectivity index (χ1) is 8.26. The van der Waals surface area contributed by atoms with E-state index in [9.17, 15) is 0 Å². The number of hydrogen-bond donors (Lipinski definition) is 0. The summed E-state index contributed by atoms with van der Waals surface area (Å²) in [4.78, 5) is 0. The van der Waals surface area contributed by atoms with Crippen molar-refractivity contribution in [2.75, 3.05) is 33.0 Å². The van der Waals surface area contributed by atoms with Crippen LogP contribution < -0.4 is 0 Å². The Kier molecular flexibility index (Phi) is 7.25. The van der Waals surface area contributed by atoms with E-state index in [1.165, 1.54) is 0 Å².